The van der Waals surface area contributed by atoms with Crippen LogP contribution in [0.4, 0.5) is 5.69 Å². The number of para-hydroxylation sites is 1. The number of benzene rings is 2. The molecule has 0 saturated carbocycles. The second kappa shape index (κ2) is 7.09. The molecule has 7 heteroatoms. The van der Waals surface area contributed by atoms with Crippen molar-refractivity contribution in [1.29, 1.82) is 0 Å². The highest BCUT2D eigenvalue weighted by molar-refractivity contribution is 7.89. The van der Waals surface area contributed by atoms with Crippen molar-refractivity contribution in [2.45, 2.75) is 31.2 Å². The van der Waals surface area contributed by atoms with Crippen LogP contribution < -0.4 is 14.4 Å². The monoisotopic (exact) mass is 374 g/mol. The third-order valence-corrected chi connectivity index (χ3v) is 6.12. The number of carbonyl (C=O) groups is 1. The first-order valence-electron chi connectivity index (χ1n) is 8.38. The molecular weight excluding hydrogens is 352 g/mol. The molecule has 138 valence electrons. The van der Waals surface area contributed by atoms with Gasteiger partial charge in [-0.3, -0.25) is 4.79 Å². The van der Waals surface area contributed by atoms with Gasteiger partial charge in [0.05, 0.1) is 18.6 Å². The molecule has 1 heterocycles. The number of anilines is 1. The summed E-state index contributed by atoms with van der Waals surface area (Å²) in [6.07, 6.45) is 0.770. The van der Waals surface area contributed by atoms with Crippen LogP contribution in [-0.4, -0.2) is 34.0 Å². The van der Waals surface area contributed by atoms with Crippen molar-refractivity contribution in [3.63, 3.8) is 0 Å². The Balaban J connectivity index is 1.75. The molecule has 0 aliphatic carbocycles. The second-order valence-electron chi connectivity index (χ2n) is 6.40. The number of hydrogen-bond acceptors (Lipinski definition) is 4. The maximum Gasteiger partial charge on any atom is 0.242 e. The van der Waals surface area contributed by atoms with Crippen molar-refractivity contribution >= 4 is 21.6 Å². The van der Waals surface area contributed by atoms with Crippen LogP contribution >= 0.6 is 0 Å². The van der Waals surface area contributed by atoms with Crippen LogP contribution in [0.1, 0.15) is 18.1 Å². The zero-order valence-corrected chi connectivity index (χ0v) is 15.8. The van der Waals surface area contributed by atoms with E-state index in [1.165, 1.54) is 13.2 Å². The molecule has 2 aromatic rings. The Morgan fingerprint density at radius 2 is 2.00 bits per heavy atom. The molecule has 0 saturated heterocycles. The van der Waals surface area contributed by atoms with E-state index in [0.29, 0.717) is 11.3 Å². The molecule has 1 aliphatic heterocycles. The Labute approximate surface area is 153 Å². The van der Waals surface area contributed by atoms with Gasteiger partial charge in [0, 0.05) is 11.7 Å². The van der Waals surface area contributed by atoms with E-state index < -0.39 is 10.0 Å². The van der Waals surface area contributed by atoms with E-state index in [4.69, 9.17) is 4.74 Å². The number of nitrogens with one attached hydrogen (secondary N) is 1. The number of fused-ring (bicyclic) bond motifs is 1. The number of amides is 1. The lowest BCUT2D eigenvalue weighted by Crippen LogP contribution is -2.43. The van der Waals surface area contributed by atoms with Gasteiger partial charge in [-0.1, -0.05) is 18.2 Å². The summed E-state index contributed by atoms with van der Waals surface area (Å²) in [5, 5.41) is 0. The van der Waals surface area contributed by atoms with Crippen LogP contribution in [0.3, 0.4) is 0 Å². The normalized spacial score (nSPS) is 16.4. The predicted octanol–water partition coefficient (Wildman–Crippen LogP) is 2.26. The summed E-state index contributed by atoms with van der Waals surface area (Å²) in [6, 6.07) is 12.4. The van der Waals surface area contributed by atoms with E-state index in [2.05, 4.69) is 4.72 Å². The van der Waals surface area contributed by atoms with Crippen molar-refractivity contribution < 1.29 is 17.9 Å². The van der Waals surface area contributed by atoms with Gasteiger partial charge in [0.25, 0.3) is 0 Å². The average Bonchev–Trinajstić information content (AvgIpc) is 2.95. The summed E-state index contributed by atoms with van der Waals surface area (Å²) in [7, 11) is -2.27. The Morgan fingerprint density at radius 1 is 1.27 bits per heavy atom. The molecule has 26 heavy (non-hydrogen) atoms. The van der Waals surface area contributed by atoms with E-state index in [1.54, 1.807) is 24.0 Å². The number of nitrogens with zero attached hydrogens (tertiary/aromatic N) is 1. The molecule has 1 N–H and O–H groups in total. The van der Waals surface area contributed by atoms with Crippen LogP contribution in [0.5, 0.6) is 5.75 Å². The first-order valence-corrected chi connectivity index (χ1v) is 9.86. The minimum atomic E-state index is -3.79. The number of sulfonamides is 1. The molecule has 0 bridgehead atoms. The number of methoxy groups -OCH3 is 1. The molecule has 0 fully saturated rings. The minimum absolute atomic E-state index is 0.00660. The standard InChI is InChI=1S/C19H22N2O4S/c1-13-10-16(25-3)8-9-18(13)26(23,24)20-12-19(22)21-14(2)11-15-6-4-5-7-17(15)21/h4-10,14,20H,11-12H2,1-3H3. The van der Waals surface area contributed by atoms with Crippen LogP contribution in [0.25, 0.3) is 0 Å². The second-order valence-corrected chi connectivity index (χ2v) is 8.14. The van der Waals surface area contributed by atoms with E-state index in [-0.39, 0.29) is 23.4 Å². The third kappa shape index (κ3) is 3.45. The molecule has 0 radical (unpaired) electrons. The van der Waals surface area contributed by atoms with Gasteiger partial charge >= 0.3 is 0 Å². The molecule has 0 spiro atoms. The van der Waals surface area contributed by atoms with Crippen molar-refractivity contribution in [2.24, 2.45) is 0 Å². The number of carbonyl (C=O) groups excluding carboxylic acids is 1. The van der Waals surface area contributed by atoms with Gasteiger partial charge in [0.15, 0.2) is 0 Å². The minimum Gasteiger partial charge on any atom is -0.497 e. The van der Waals surface area contributed by atoms with Crippen LogP contribution in [0.2, 0.25) is 0 Å². The zero-order valence-electron chi connectivity index (χ0n) is 15.0. The molecule has 1 amide bonds. The number of aryl methyl sites for hydroxylation is 1. The first-order chi connectivity index (χ1) is 12.3. The Kier molecular flexibility index (Phi) is 5.02. The highest BCUT2D eigenvalue weighted by Crippen LogP contribution is 2.31. The fourth-order valence-corrected chi connectivity index (χ4v) is 4.51. The van der Waals surface area contributed by atoms with Gasteiger partial charge in [-0.2, -0.15) is 0 Å². The van der Waals surface area contributed by atoms with Gasteiger partial charge in [-0.05, 0) is 55.7 Å². The maximum atomic E-state index is 12.7. The van der Waals surface area contributed by atoms with Gasteiger partial charge < -0.3 is 9.64 Å². The van der Waals surface area contributed by atoms with Gasteiger partial charge in [-0.25, -0.2) is 13.1 Å². The van der Waals surface area contributed by atoms with Gasteiger partial charge in [-0.15, -0.1) is 0 Å². The molecule has 6 nitrogen and oxygen atoms in total. The molecule has 2 aromatic carbocycles. The molecule has 1 unspecified atom stereocenters. The Bertz CT molecular complexity index is 940. The lowest BCUT2D eigenvalue weighted by molar-refractivity contribution is -0.117. The van der Waals surface area contributed by atoms with Gasteiger partial charge in [0.1, 0.15) is 5.75 Å². The Hall–Kier alpha value is -2.38. The van der Waals surface area contributed by atoms with E-state index in [9.17, 15) is 13.2 Å². The van der Waals surface area contributed by atoms with Crippen molar-refractivity contribution in [3.05, 3.63) is 53.6 Å². The van der Waals surface area contributed by atoms with Gasteiger partial charge in [0.2, 0.25) is 15.9 Å². The van der Waals surface area contributed by atoms with Crippen molar-refractivity contribution in [3.8, 4) is 5.75 Å². The summed E-state index contributed by atoms with van der Waals surface area (Å²) in [5.41, 5.74) is 2.51. The molecular formula is C19H22N2O4S. The summed E-state index contributed by atoms with van der Waals surface area (Å²) < 4.78 is 32.7. The summed E-state index contributed by atoms with van der Waals surface area (Å²) in [5.74, 6) is 0.317. The molecule has 0 aromatic heterocycles. The lowest BCUT2D eigenvalue weighted by atomic mass is 10.1. The molecule has 3 rings (SSSR count). The van der Waals surface area contributed by atoms with E-state index in [0.717, 1.165) is 17.7 Å². The van der Waals surface area contributed by atoms with Crippen LogP contribution in [0, 0.1) is 6.92 Å². The molecule has 1 aliphatic rings. The summed E-state index contributed by atoms with van der Waals surface area (Å²) in [6.45, 7) is 3.37. The molecule has 1 atom stereocenters. The van der Waals surface area contributed by atoms with Crippen molar-refractivity contribution in [2.75, 3.05) is 18.6 Å². The number of hydrogen-bond donors (Lipinski definition) is 1. The topological polar surface area (TPSA) is 75.7 Å². The van der Waals surface area contributed by atoms with E-state index in [1.807, 2.05) is 31.2 Å². The number of ether oxygens (including phenoxy) is 1. The quantitative estimate of drug-likeness (QED) is 0.871. The van der Waals surface area contributed by atoms with Crippen LogP contribution in [0.15, 0.2) is 47.4 Å². The Morgan fingerprint density at radius 3 is 2.69 bits per heavy atom. The number of rotatable bonds is 5. The maximum absolute atomic E-state index is 12.7. The van der Waals surface area contributed by atoms with Crippen molar-refractivity contribution in [1.82, 2.24) is 4.72 Å². The van der Waals surface area contributed by atoms with E-state index >= 15 is 0 Å². The highest BCUT2D eigenvalue weighted by atomic mass is 32.2. The SMILES string of the molecule is COc1ccc(S(=O)(=O)NCC(=O)N2c3ccccc3CC2C)c(C)c1. The van der Waals surface area contributed by atoms with Crippen LogP contribution in [-0.2, 0) is 21.2 Å². The highest BCUT2D eigenvalue weighted by Gasteiger charge is 2.31. The largest absolute Gasteiger partial charge is 0.497 e. The first kappa shape index (κ1) is 18.4. The fourth-order valence-electron chi connectivity index (χ4n) is 3.32. The lowest BCUT2D eigenvalue weighted by Gasteiger charge is -2.23. The summed E-state index contributed by atoms with van der Waals surface area (Å²) in [4.78, 5) is 14.5. The zero-order chi connectivity index (χ0) is 18.9. The predicted molar refractivity (Wildman–Crippen MR) is 100 cm³/mol. The fraction of sp³-hybridized carbons (Fsp3) is 0.316. The average molecular weight is 374 g/mol. The smallest absolute Gasteiger partial charge is 0.242 e. The summed E-state index contributed by atoms with van der Waals surface area (Å²) >= 11 is 0. The third-order valence-electron chi connectivity index (χ3n) is 4.56.